The molecule has 146 valence electrons. The lowest BCUT2D eigenvalue weighted by molar-refractivity contribution is 0.125. The first-order chi connectivity index (χ1) is 12.8. The molecule has 2 atom stereocenters. The van der Waals surface area contributed by atoms with Crippen molar-refractivity contribution in [3.8, 4) is 0 Å². The first-order valence-electron chi connectivity index (χ1n) is 9.00. The summed E-state index contributed by atoms with van der Waals surface area (Å²) in [5.41, 5.74) is 7.27. The highest BCUT2D eigenvalue weighted by Crippen LogP contribution is 2.40. The number of ether oxygens (including phenoxy) is 1. The molecule has 3 rings (SSSR count). The molecule has 1 heterocycles. The summed E-state index contributed by atoms with van der Waals surface area (Å²) in [6.07, 6.45) is 5.26. The summed E-state index contributed by atoms with van der Waals surface area (Å²) < 4.78 is 8.22. The number of para-hydroxylation sites is 1. The molecule has 0 bridgehead atoms. The first kappa shape index (κ1) is 21.5. The molecule has 0 fully saturated rings. The van der Waals surface area contributed by atoms with E-state index in [-0.39, 0.29) is 35.9 Å². The number of hydrogen-bond acceptors (Lipinski definition) is 4. The number of aliphatic hydroxyl groups is 1. The van der Waals surface area contributed by atoms with Crippen LogP contribution < -0.4 is 10.0 Å². The van der Waals surface area contributed by atoms with Gasteiger partial charge < -0.3 is 9.84 Å². The van der Waals surface area contributed by atoms with E-state index < -0.39 is 0 Å². The molecule has 0 aromatic heterocycles. The first-order valence-corrected chi connectivity index (χ1v) is 10.2. The Bertz CT molecular complexity index is 753. The lowest BCUT2D eigenvalue weighted by atomic mass is 10.2. The minimum Gasteiger partial charge on any atom is -0.473 e. The van der Waals surface area contributed by atoms with E-state index >= 15 is 0 Å². The van der Waals surface area contributed by atoms with Gasteiger partial charge in [0.05, 0.1) is 11.9 Å². The molecular formula is C21H27ClN2O2S. The summed E-state index contributed by atoms with van der Waals surface area (Å²) in [4.78, 5) is 1.24. The lowest BCUT2D eigenvalue weighted by Crippen LogP contribution is -2.23. The monoisotopic (exact) mass is 406 g/mol. The minimum atomic E-state index is -0.326. The molecule has 0 spiro atoms. The Labute approximate surface area is 170 Å². The van der Waals surface area contributed by atoms with Gasteiger partial charge in [0.25, 0.3) is 0 Å². The number of nitrogens with two attached hydrogens (primary N) is 1. The van der Waals surface area contributed by atoms with Gasteiger partial charge in [-0.15, -0.1) is 12.4 Å². The Morgan fingerprint density at radius 1 is 0.963 bits per heavy atom. The zero-order valence-electron chi connectivity index (χ0n) is 15.2. The van der Waals surface area contributed by atoms with Gasteiger partial charge in [-0.05, 0) is 43.5 Å². The second-order valence-electron chi connectivity index (χ2n) is 6.17. The fraction of sp³-hybridized carbons (Fsp3) is 0.286. The van der Waals surface area contributed by atoms with Crippen molar-refractivity contribution in [3.05, 3.63) is 72.6 Å². The van der Waals surface area contributed by atoms with Crippen molar-refractivity contribution in [2.45, 2.75) is 36.8 Å². The number of aliphatic hydroxyl groups excluding tert-OH is 1. The average molecular weight is 407 g/mol. The number of allylic oxidation sites excluding steroid dienone is 1. The molecule has 0 aliphatic carbocycles. The zero-order valence-corrected chi connectivity index (χ0v) is 16.9. The zero-order chi connectivity index (χ0) is 18.2. The molecule has 2 unspecified atom stereocenters. The molecule has 4 nitrogen and oxygen atoms in total. The summed E-state index contributed by atoms with van der Waals surface area (Å²) in [7, 11) is -0.233. The van der Waals surface area contributed by atoms with Crippen LogP contribution >= 0.6 is 23.1 Å². The highest BCUT2D eigenvalue weighted by atomic mass is 35.5. The number of unbranched alkanes of at least 4 members (excludes halogenated alkanes) is 2. The third-order valence-electron chi connectivity index (χ3n) is 4.11. The van der Waals surface area contributed by atoms with E-state index in [1.165, 1.54) is 4.90 Å². The number of nitrogens with zero attached hydrogens (tertiary/aromatic N) is 1. The Balaban J connectivity index is 0.00000261. The molecule has 2 aromatic carbocycles. The Morgan fingerprint density at radius 2 is 1.63 bits per heavy atom. The van der Waals surface area contributed by atoms with E-state index in [4.69, 9.17) is 15.6 Å². The number of anilines is 1. The van der Waals surface area contributed by atoms with Crippen LogP contribution in [0.25, 0.3) is 0 Å². The van der Waals surface area contributed by atoms with Crippen LogP contribution in [-0.2, 0) is 4.74 Å². The number of rotatable bonds is 9. The van der Waals surface area contributed by atoms with Crippen molar-refractivity contribution in [2.24, 2.45) is 5.73 Å². The van der Waals surface area contributed by atoms with Crippen LogP contribution in [0.15, 0.2) is 77.5 Å². The van der Waals surface area contributed by atoms with Crippen LogP contribution in [0.1, 0.15) is 25.7 Å². The lowest BCUT2D eigenvalue weighted by Gasteiger charge is -2.21. The fourth-order valence-electron chi connectivity index (χ4n) is 2.80. The molecule has 6 heteroatoms. The molecule has 27 heavy (non-hydrogen) atoms. The van der Waals surface area contributed by atoms with Gasteiger partial charge in [-0.1, -0.05) is 53.5 Å². The van der Waals surface area contributed by atoms with Gasteiger partial charge in [-0.2, -0.15) is 0 Å². The SMILES string of the molecule is Cl.NC(CCCCCO)OC1=CN(c2ccccc2)S(c2ccccc2)=C1. The molecular weight excluding hydrogens is 380 g/mol. The number of halogens is 1. The number of hydrogen-bond donors (Lipinski definition) is 2. The predicted molar refractivity (Wildman–Crippen MR) is 117 cm³/mol. The van der Waals surface area contributed by atoms with Crippen molar-refractivity contribution < 1.29 is 9.84 Å². The summed E-state index contributed by atoms with van der Waals surface area (Å²) in [5, 5.41) is 11.0. The molecule has 2 aromatic rings. The van der Waals surface area contributed by atoms with Crippen molar-refractivity contribution >= 4 is 34.1 Å². The van der Waals surface area contributed by atoms with E-state index in [1.54, 1.807) is 0 Å². The smallest absolute Gasteiger partial charge is 0.147 e. The second-order valence-corrected chi connectivity index (χ2v) is 7.90. The summed E-state index contributed by atoms with van der Waals surface area (Å²) >= 11 is 0. The molecule has 1 aliphatic rings. The highest BCUT2D eigenvalue weighted by Gasteiger charge is 2.20. The highest BCUT2D eigenvalue weighted by molar-refractivity contribution is 8.16. The maximum absolute atomic E-state index is 8.85. The molecule has 1 aliphatic heterocycles. The van der Waals surface area contributed by atoms with Gasteiger partial charge in [0, 0.05) is 16.9 Å². The van der Waals surface area contributed by atoms with Gasteiger partial charge in [0.2, 0.25) is 0 Å². The Morgan fingerprint density at radius 3 is 2.30 bits per heavy atom. The van der Waals surface area contributed by atoms with E-state index in [9.17, 15) is 0 Å². The van der Waals surface area contributed by atoms with E-state index in [0.29, 0.717) is 0 Å². The van der Waals surface area contributed by atoms with Crippen LogP contribution in [0.5, 0.6) is 0 Å². The third-order valence-corrected chi connectivity index (χ3v) is 6.06. The van der Waals surface area contributed by atoms with Gasteiger partial charge >= 0.3 is 0 Å². The van der Waals surface area contributed by atoms with E-state index in [2.05, 4.69) is 46.1 Å². The van der Waals surface area contributed by atoms with Gasteiger partial charge in [-0.25, -0.2) is 0 Å². The van der Waals surface area contributed by atoms with Gasteiger partial charge in [0.15, 0.2) is 0 Å². The van der Waals surface area contributed by atoms with Crippen molar-refractivity contribution in [2.75, 3.05) is 10.9 Å². The quantitative estimate of drug-likeness (QED) is 0.361. The Kier molecular flexibility index (Phi) is 8.88. The normalized spacial score (nSPS) is 16.9. The summed E-state index contributed by atoms with van der Waals surface area (Å²) in [5.74, 6) is 0.815. The van der Waals surface area contributed by atoms with Gasteiger partial charge in [-0.3, -0.25) is 10.0 Å². The average Bonchev–Trinajstić information content (AvgIpc) is 3.10. The summed E-state index contributed by atoms with van der Waals surface area (Å²) in [6.45, 7) is 0.237. The van der Waals surface area contributed by atoms with Crippen LogP contribution in [0.3, 0.4) is 0 Å². The van der Waals surface area contributed by atoms with Crippen LogP contribution in [0.2, 0.25) is 0 Å². The van der Waals surface area contributed by atoms with Crippen LogP contribution in [-0.4, -0.2) is 23.3 Å². The maximum Gasteiger partial charge on any atom is 0.147 e. The van der Waals surface area contributed by atoms with Crippen molar-refractivity contribution in [3.63, 3.8) is 0 Å². The van der Waals surface area contributed by atoms with Crippen molar-refractivity contribution in [1.82, 2.24) is 0 Å². The molecule has 3 N–H and O–H groups in total. The van der Waals surface area contributed by atoms with Gasteiger partial charge in [0.1, 0.15) is 12.0 Å². The number of benzene rings is 2. The van der Waals surface area contributed by atoms with E-state index in [0.717, 1.165) is 37.1 Å². The van der Waals surface area contributed by atoms with E-state index in [1.807, 2.05) is 30.5 Å². The topological polar surface area (TPSA) is 58.7 Å². The molecule has 0 saturated carbocycles. The Hall–Kier alpha value is -1.79. The molecule has 0 saturated heterocycles. The fourth-order valence-corrected chi connectivity index (χ4v) is 4.62. The standard InChI is InChI=1S/C21H26N2O2S.ClH/c22-21(14-8-3-9-15-24)25-19-16-23(18-10-4-1-5-11-18)26(17-19)20-12-6-2-7-13-20;/h1-2,4-7,10-13,16-17,21,24H,3,8-9,14-15,22H2;1H. The minimum absolute atomic E-state index is 0. The third kappa shape index (κ3) is 6.11. The molecule has 0 radical (unpaired) electrons. The largest absolute Gasteiger partial charge is 0.473 e. The maximum atomic E-state index is 8.85. The predicted octanol–water partition coefficient (Wildman–Crippen LogP) is 4.67. The van der Waals surface area contributed by atoms with Crippen LogP contribution in [0, 0.1) is 0 Å². The van der Waals surface area contributed by atoms with Crippen LogP contribution in [0.4, 0.5) is 5.69 Å². The molecule has 0 amide bonds. The van der Waals surface area contributed by atoms with Crippen molar-refractivity contribution in [1.29, 1.82) is 0 Å². The second kappa shape index (κ2) is 11.1. The summed E-state index contributed by atoms with van der Waals surface area (Å²) in [6, 6.07) is 20.7.